The Morgan fingerprint density at radius 3 is 2.14 bits per heavy atom. The molecule has 0 saturated carbocycles. The number of thiophene rings is 1. The van der Waals surface area contributed by atoms with E-state index in [4.69, 9.17) is 10.5 Å². The van der Waals surface area contributed by atoms with Gasteiger partial charge in [0.25, 0.3) is 5.91 Å². The van der Waals surface area contributed by atoms with E-state index in [2.05, 4.69) is 15.5 Å². The lowest BCUT2D eigenvalue weighted by atomic mass is 10.2. The van der Waals surface area contributed by atoms with E-state index in [0.29, 0.717) is 27.8 Å². The van der Waals surface area contributed by atoms with Gasteiger partial charge in [-0.25, -0.2) is 0 Å². The standard InChI is InChI=1S/C20H14N4O3S2/c21-17(25)12-1-5-15(6-2-12)27-16-7-3-13(4-8-16)18(26)22-20-24-23-19(29-20)14-9-10-28-11-14/h1-11H,(H2,21,25)(H,22,24,26). The molecule has 0 atom stereocenters. The van der Waals surface area contributed by atoms with Crippen molar-refractivity contribution in [1.29, 1.82) is 0 Å². The molecule has 0 aliphatic heterocycles. The molecule has 144 valence electrons. The number of hydrogen-bond acceptors (Lipinski definition) is 7. The molecule has 4 aromatic rings. The third-order valence-corrected chi connectivity index (χ3v) is 5.48. The Bertz CT molecular complexity index is 1140. The summed E-state index contributed by atoms with van der Waals surface area (Å²) in [5.74, 6) is 0.339. The van der Waals surface area contributed by atoms with Crippen molar-refractivity contribution < 1.29 is 14.3 Å². The molecule has 2 heterocycles. The zero-order chi connectivity index (χ0) is 20.2. The number of nitrogens with one attached hydrogen (secondary N) is 1. The van der Waals surface area contributed by atoms with E-state index in [1.807, 2.05) is 16.8 Å². The Morgan fingerprint density at radius 2 is 1.55 bits per heavy atom. The Balaban J connectivity index is 1.39. The molecule has 0 aliphatic carbocycles. The highest BCUT2D eigenvalue weighted by atomic mass is 32.1. The van der Waals surface area contributed by atoms with E-state index in [1.165, 1.54) is 11.3 Å². The highest BCUT2D eigenvalue weighted by molar-refractivity contribution is 7.19. The summed E-state index contributed by atoms with van der Waals surface area (Å²) in [6, 6.07) is 15.1. The molecule has 7 nitrogen and oxygen atoms in total. The minimum Gasteiger partial charge on any atom is -0.457 e. The molecule has 4 rings (SSSR count). The number of carbonyl (C=O) groups is 2. The first-order valence-electron chi connectivity index (χ1n) is 8.44. The van der Waals surface area contributed by atoms with E-state index >= 15 is 0 Å². The average Bonchev–Trinajstić information content (AvgIpc) is 3.41. The van der Waals surface area contributed by atoms with Gasteiger partial charge in [0.15, 0.2) is 0 Å². The molecule has 0 spiro atoms. The van der Waals surface area contributed by atoms with Crippen molar-refractivity contribution in [1.82, 2.24) is 10.2 Å². The topological polar surface area (TPSA) is 107 Å². The third-order valence-electron chi connectivity index (χ3n) is 3.90. The number of primary amides is 1. The van der Waals surface area contributed by atoms with Crippen LogP contribution in [0.15, 0.2) is 65.4 Å². The highest BCUT2D eigenvalue weighted by Crippen LogP contribution is 2.28. The van der Waals surface area contributed by atoms with Crippen molar-refractivity contribution in [3.63, 3.8) is 0 Å². The van der Waals surface area contributed by atoms with Crippen LogP contribution >= 0.6 is 22.7 Å². The van der Waals surface area contributed by atoms with Gasteiger partial charge in [0.05, 0.1) is 0 Å². The Morgan fingerprint density at radius 1 is 0.897 bits per heavy atom. The number of ether oxygens (including phenoxy) is 1. The quantitative estimate of drug-likeness (QED) is 0.479. The lowest BCUT2D eigenvalue weighted by Crippen LogP contribution is -2.11. The van der Waals surface area contributed by atoms with E-state index < -0.39 is 5.91 Å². The number of rotatable bonds is 6. The Kier molecular flexibility index (Phi) is 5.32. The van der Waals surface area contributed by atoms with Crippen LogP contribution in [0.2, 0.25) is 0 Å². The summed E-state index contributed by atoms with van der Waals surface area (Å²) < 4.78 is 5.71. The monoisotopic (exact) mass is 422 g/mol. The molecule has 9 heteroatoms. The SMILES string of the molecule is NC(=O)c1ccc(Oc2ccc(C(=O)Nc3nnc(-c4ccsc4)s3)cc2)cc1. The predicted molar refractivity (Wildman–Crippen MR) is 113 cm³/mol. The molecule has 29 heavy (non-hydrogen) atoms. The maximum Gasteiger partial charge on any atom is 0.257 e. The van der Waals surface area contributed by atoms with Crippen LogP contribution in [-0.2, 0) is 0 Å². The van der Waals surface area contributed by atoms with Crippen molar-refractivity contribution in [3.8, 4) is 22.1 Å². The second-order valence-electron chi connectivity index (χ2n) is 5.89. The van der Waals surface area contributed by atoms with Gasteiger partial charge in [0.2, 0.25) is 11.0 Å². The lowest BCUT2D eigenvalue weighted by Gasteiger charge is -2.07. The Hall–Kier alpha value is -3.56. The van der Waals surface area contributed by atoms with E-state index in [0.717, 1.165) is 10.6 Å². The molecule has 2 aromatic heterocycles. The predicted octanol–water partition coefficient (Wildman–Crippen LogP) is 4.41. The summed E-state index contributed by atoms with van der Waals surface area (Å²) in [7, 11) is 0. The minimum absolute atomic E-state index is 0.282. The van der Waals surface area contributed by atoms with Crippen molar-refractivity contribution in [2.45, 2.75) is 0 Å². The highest BCUT2D eigenvalue weighted by Gasteiger charge is 2.12. The smallest absolute Gasteiger partial charge is 0.257 e. The van der Waals surface area contributed by atoms with Crippen molar-refractivity contribution >= 4 is 39.6 Å². The van der Waals surface area contributed by atoms with E-state index in [-0.39, 0.29) is 5.91 Å². The normalized spacial score (nSPS) is 10.5. The fourth-order valence-corrected chi connectivity index (χ4v) is 3.89. The fourth-order valence-electron chi connectivity index (χ4n) is 2.44. The van der Waals surface area contributed by atoms with Crippen molar-refractivity contribution in [2.75, 3.05) is 5.32 Å². The van der Waals surface area contributed by atoms with Crippen molar-refractivity contribution in [3.05, 3.63) is 76.5 Å². The van der Waals surface area contributed by atoms with Gasteiger partial charge >= 0.3 is 0 Å². The number of hydrogen-bond donors (Lipinski definition) is 2. The molecule has 2 aromatic carbocycles. The van der Waals surface area contributed by atoms with Crippen LogP contribution in [-0.4, -0.2) is 22.0 Å². The zero-order valence-corrected chi connectivity index (χ0v) is 16.5. The van der Waals surface area contributed by atoms with Crippen LogP contribution in [0.5, 0.6) is 11.5 Å². The second kappa shape index (κ2) is 8.21. The van der Waals surface area contributed by atoms with Crippen LogP contribution in [0.1, 0.15) is 20.7 Å². The van der Waals surface area contributed by atoms with E-state index in [1.54, 1.807) is 59.9 Å². The summed E-state index contributed by atoms with van der Waals surface area (Å²) in [5, 5.41) is 16.0. The maximum absolute atomic E-state index is 12.4. The van der Waals surface area contributed by atoms with Gasteiger partial charge in [0.1, 0.15) is 16.5 Å². The number of nitrogens with two attached hydrogens (primary N) is 1. The summed E-state index contributed by atoms with van der Waals surface area (Å²) >= 11 is 2.89. The molecule has 2 amide bonds. The molecule has 0 saturated heterocycles. The van der Waals surface area contributed by atoms with E-state index in [9.17, 15) is 9.59 Å². The van der Waals surface area contributed by atoms with Crippen LogP contribution < -0.4 is 15.8 Å². The fraction of sp³-hybridized carbons (Fsp3) is 0. The Labute approximate surface area is 173 Å². The van der Waals surface area contributed by atoms with Gasteiger partial charge in [-0.05, 0) is 60.0 Å². The molecule has 0 fully saturated rings. The molecule has 0 aliphatic rings. The average molecular weight is 422 g/mol. The largest absolute Gasteiger partial charge is 0.457 e. The molecule has 0 unspecified atom stereocenters. The maximum atomic E-state index is 12.4. The van der Waals surface area contributed by atoms with Gasteiger partial charge in [-0.15, -0.1) is 10.2 Å². The number of anilines is 1. The van der Waals surface area contributed by atoms with Crippen LogP contribution in [0.25, 0.3) is 10.6 Å². The number of nitrogens with zero attached hydrogens (tertiary/aromatic N) is 2. The van der Waals surface area contributed by atoms with Gasteiger partial charge in [-0.3, -0.25) is 14.9 Å². The van der Waals surface area contributed by atoms with Crippen LogP contribution in [0.4, 0.5) is 5.13 Å². The molecule has 3 N–H and O–H groups in total. The number of aromatic nitrogens is 2. The summed E-state index contributed by atoms with van der Waals surface area (Å²) in [6.45, 7) is 0. The van der Waals surface area contributed by atoms with Gasteiger partial charge < -0.3 is 10.5 Å². The van der Waals surface area contributed by atoms with Crippen LogP contribution in [0, 0.1) is 0 Å². The molecular weight excluding hydrogens is 408 g/mol. The summed E-state index contributed by atoms with van der Waals surface area (Å²) in [5.41, 5.74) is 7.07. The second-order valence-corrected chi connectivity index (χ2v) is 7.65. The first-order chi connectivity index (χ1) is 14.1. The third kappa shape index (κ3) is 4.48. The minimum atomic E-state index is -0.496. The van der Waals surface area contributed by atoms with Gasteiger partial charge in [-0.1, -0.05) is 11.3 Å². The zero-order valence-electron chi connectivity index (χ0n) is 14.9. The molecule has 0 bridgehead atoms. The first-order valence-corrected chi connectivity index (χ1v) is 10.2. The van der Waals surface area contributed by atoms with Gasteiger partial charge in [0, 0.05) is 22.1 Å². The lowest BCUT2D eigenvalue weighted by molar-refractivity contribution is 0.0997. The molecule has 0 radical (unpaired) electrons. The van der Waals surface area contributed by atoms with Gasteiger partial charge in [-0.2, -0.15) is 11.3 Å². The number of carbonyl (C=O) groups excluding carboxylic acids is 2. The number of benzene rings is 2. The summed E-state index contributed by atoms with van der Waals surface area (Å²) in [4.78, 5) is 23.5. The number of amides is 2. The van der Waals surface area contributed by atoms with Crippen molar-refractivity contribution in [2.24, 2.45) is 5.73 Å². The van der Waals surface area contributed by atoms with Crippen LogP contribution in [0.3, 0.4) is 0 Å². The molecular formula is C20H14N4O3S2. The first kappa shape index (κ1) is 18.8. The summed E-state index contributed by atoms with van der Waals surface area (Å²) in [6.07, 6.45) is 0.